The molecule has 3 aliphatic heterocycles. The minimum atomic E-state index is 0.227. The molecule has 38 heavy (non-hydrogen) atoms. The highest BCUT2D eigenvalue weighted by atomic mass is 16.5. The number of likely N-dealkylation sites (N-methyl/N-ethyl adjacent to an activating group) is 1. The Labute approximate surface area is 225 Å². The van der Waals surface area contributed by atoms with Crippen molar-refractivity contribution in [3.63, 3.8) is 0 Å². The predicted octanol–water partition coefficient (Wildman–Crippen LogP) is 3.72. The Bertz CT molecular complexity index is 1300. The molecule has 3 aromatic rings. The van der Waals surface area contributed by atoms with E-state index in [0.717, 1.165) is 70.2 Å². The van der Waals surface area contributed by atoms with E-state index in [2.05, 4.69) is 64.2 Å². The number of benzene rings is 2. The first-order valence-corrected chi connectivity index (χ1v) is 14.1. The van der Waals surface area contributed by atoms with Crippen LogP contribution in [-0.4, -0.2) is 84.6 Å². The van der Waals surface area contributed by atoms with Gasteiger partial charge in [0.05, 0.1) is 12.2 Å². The van der Waals surface area contributed by atoms with Crippen molar-refractivity contribution in [1.29, 1.82) is 0 Å². The maximum absolute atomic E-state index is 12.3. The van der Waals surface area contributed by atoms with Crippen LogP contribution < -0.4 is 14.5 Å². The molecule has 2 aromatic carbocycles. The van der Waals surface area contributed by atoms with Crippen LogP contribution in [0.25, 0.3) is 10.8 Å². The molecule has 4 heterocycles. The van der Waals surface area contributed by atoms with Crippen LogP contribution in [0.2, 0.25) is 0 Å². The summed E-state index contributed by atoms with van der Waals surface area (Å²) in [6, 6.07) is 16.0. The number of amides is 1. The summed E-state index contributed by atoms with van der Waals surface area (Å²) in [5, 5.41) is 2.52. The average molecular weight is 515 g/mol. The lowest BCUT2D eigenvalue weighted by Gasteiger charge is -2.38. The van der Waals surface area contributed by atoms with E-state index in [1.165, 1.54) is 28.4 Å². The van der Waals surface area contributed by atoms with Gasteiger partial charge >= 0.3 is 6.01 Å². The lowest BCUT2D eigenvalue weighted by Crippen LogP contribution is -2.49. The van der Waals surface area contributed by atoms with Gasteiger partial charge in [-0.1, -0.05) is 43.3 Å². The molecule has 2 saturated heterocycles. The number of carbonyl (C=O) groups excluding carboxylic acids is 1. The smallest absolute Gasteiger partial charge is 0.318 e. The number of fused-ring (bicyclic) bond motifs is 2. The first kappa shape index (κ1) is 24.9. The zero-order valence-electron chi connectivity index (χ0n) is 22.6. The summed E-state index contributed by atoms with van der Waals surface area (Å²) < 4.78 is 6.27. The van der Waals surface area contributed by atoms with E-state index in [4.69, 9.17) is 14.7 Å². The maximum Gasteiger partial charge on any atom is 0.318 e. The minimum absolute atomic E-state index is 0.227. The van der Waals surface area contributed by atoms with Crippen molar-refractivity contribution in [2.45, 2.75) is 45.2 Å². The molecule has 0 bridgehead atoms. The predicted molar refractivity (Wildman–Crippen MR) is 151 cm³/mol. The van der Waals surface area contributed by atoms with Crippen LogP contribution in [0.3, 0.4) is 0 Å². The van der Waals surface area contributed by atoms with Gasteiger partial charge in [0.15, 0.2) is 0 Å². The van der Waals surface area contributed by atoms with E-state index in [-0.39, 0.29) is 5.91 Å². The summed E-state index contributed by atoms with van der Waals surface area (Å²) in [6.07, 6.45) is 3.80. The number of rotatable bonds is 6. The molecule has 1 aromatic heterocycles. The fraction of sp³-hybridized carbons (Fsp3) is 0.500. The minimum Gasteiger partial charge on any atom is -0.462 e. The highest BCUT2D eigenvalue weighted by molar-refractivity contribution is 5.94. The number of hydrogen-bond donors (Lipinski definition) is 0. The van der Waals surface area contributed by atoms with Crippen LogP contribution in [0.1, 0.15) is 37.4 Å². The Balaban J connectivity index is 1.29. The van der Waals surface area contributed by atoms with Gasteiger partial charge in [-0.25, -0.2) is 0 Å². The van der Waals surface area contributed by atoms with Gasteiger partial charge in [-0.2, -0.15) is 9.97 Å². The van der Waals surface area contributed by atoms with Crippen molar-refractivity contribution in [1.82, 2.24) is 19.8 Å². The van der Waals surface area contributed by atoms with E-state index in [0.29, 0.717) is 25.1 Å². The summed E-state index contributed by atoms with van der Waals surface area (Å²) >= 11 is 0. The summed E-state index contributed by atoms with van der Waals surface area (Å²) in [6.45, 7) is 8.34. The van der Waals surface area contributed by atoms with Crippen LogP contribution >= 0.6 is 0 Å². The van der Waals surface area contributed by atoms with E-state index in [1.54, 1.807) is 0 Å². The Morgan fingerprint density at radius 2 is 1.79 bits per heavy atom. The lowest BCUT2D eigenvalue weighted by atomic mass is 10.0. The number of aromatic nitrogens is 2. The fourth-order valence-electron chi connectivity index (χ4n) is 6.16. The van der Waals surface area contributed by atoms with Crippen LogP contribution in [-0.2, 0) is 17.8 Å². The molecule has 8 heteroatoms. The first-order valence-electron chi connectivity index (χ1n) is 14.1. The number of nitrogens with zero attached hydrogens (tertiary/aromatic N) is 6. The van der Waals surface area contributed by atoms with Gasteiger partial charge in [0, 0.05) is 61.8 Å². The third kappa shape index (κ3) is 4.89. The Hall–Kier alpha value is -3.39. The molecule has 6 rings (SSSR count). The summed E-state index contributed by atoms with van der Waals surface area (Å²) in [5.74, 6) is 1.22. The van der Waals surface area contributed by atoms with E-state index >= 15 is 0 Å². The van der Waals surface area contributed by atoms with Crippen molar-refractivity contribution in [3.05, 3.63) is 53.7 Å². The largest absolute Gasteiger partial charge is 0.462 e. The van der Waals surface area contributed by atoms with Crippen molar-refractivity contribution in [2.75, 3.05) is 62.7 Å². The second-order valence-electron chi connectivity index (χ2n) is 10.7. The monoisotopic (exact) mass is 514 g/mol. The van der Waals surface area contributed by atoms with Gasteiger partial charge in [0.1, 0.15) is 12.4 Å². The van der Waals surface area contributed by atoms with Crippen LogP contribution in [0.4, 0.5) is 11.5 Å². The number of hydrogen-bond acceptors (Lipinski definition) is 7. The standard InChI is InChI=1S/C30H38N6O2/c1-3-28(37)34-16-18-35(19-17-34)29-25-13-15-36(27-12-6-9-22-8-4-5-11-24(22)27)20-26(25)31-30(32-29)38-21-23-10-7-14-33(23)2/h4-6,8-9,11-12,23H,3,7,10,13-21H2,1-2H3/t23-/m0/s1. The molecule has 0 radical (unpaired) electrons. The first-order chi connectivity index (χ1) is 18.6. The number of likely N-dealkylation sites (tertiary alicyclic amines) is 1. The number of ether oxygens (including phenoxy) is 1. The van der Waals surface area contributed by atoms with Gasteiger partial charge in [0.2, 0.25) is 5.91 Å². The Kier molecular flexibility index (Phi) is 7.06. The van der Waals surface area contributed by atoms with E-state index in [9.17, 15) is 4.79 Å². The SMILES string of the molecule is CCC(=O)N1CCN(c2nc(OC[C@@H]3CCCN3C)nc3c2CCN(c2cccc4ccccc24)C3)CC1. The summed E-state index contributed by atoms with van der Waals surface area (Å²) in [4.78, 5) is 31.3. The Morgan fingerprint density at radius 3 is 2.58 bits per heavy atom. The second-order valence-corrected chi connectivity index (χ2v) is 10.7. The molecule has 0 unspecified atom stereocenters. The Morgan fingerprint density at radius 1 is 0.974 bits per heavy atom. The average Bonchev–Trinajstić information content (AvgIpc) is 3.39. The number of carbonyl (C=O) groups is 1. The zero-order chi connectivity index (χ0) is 26.1. The zero-order valence-corrected chi connectivity index (χ0v) is 22.6. The molecule has 1 atom stereocenters. The molecule has 3 aliphatic rings. The lowest BCUT2D eigenvalue weighted by molar-refractivity contribution is -0.131. The maximum atomic E-state index is 12.3. The molecule has 0 N–H and O–H groups in total. The van der Waals surface area contributed by atoms with E-state index in [1.807, 2.05) is 11.8 Å². The molecule has 0 spiro atoms. The quantitative estimate of drug-likeness (QED) is 0.497. The second kappa shape index (κ2) is 10.8. The van der Waals surface area contributed by atoms with Crippen LogP contribution in [0.5, 0.6) is 6.01 Å². The fourth-order valence-corrected chi connectivity index (χ4v) is 6.16. The third-order valence-corrected chi connectivity index (χ3v) is 8.44. The van der Waals surface area contributed by atoms with Gasteiger partial charge in [0.25, 0.3) is 0 Å². The molecular formula is C30H38N6O2. The molecule has 8 nitrogen and oxygen atoms in total. The number of anilines is 2. The van der Waals surface area contributed by atoms with Crippen molar-refractivity contribution >= 4 is 28.2 Å². The van der Waals surface area contributed by atoms with Gasteiger partial charge in [-0.15, -0.1) is 0 Å². The van der Waals surface area contributed by atoms with Gasteiger partial charge < -0.3 is 24.3 Å². The molecule has 1 amide bonds. The normalized spacial score (nSPS) is 20.2. The highest BCUT2D eigenvalue weighted by Crippen LogP contribution is 2.34. The van der Waals surface area contributed by atoms with Gasteiger partial charge in [-0.05, 0) is 44.3 Å². The van der Waals surface area contributed by atoms with Crippen molar-refractivity contribution in [3.8, 4) is 6.01 Å². The van der Waals surface area contributed by atoms with Crippen molar-refractivity contribution < 1.29 is 9.53 Å². The molecule has 0 aliphatic carbocycles. The number of piperazine rings is 1. The molecule has 200 valence electrons. The van der Waals surface area contributed by atoms with Crippen LogP contribution in [0, 0.1) is 0 Å². The van der Waals surface area contributed by atoms with Crippen molar-refractivity contribution in [2.24, 2.45) is 0 Å². The third-order valence-electron chi connectivity index (χ3n) is 8.44. The van der Waals surface area contributed by atoms with Gasteiger partial charge in [-0.3, -0.25) is 4.79 Å². The topological polar surface area (TPSA) is 65.0 Å². The summed E-state index contributed by atoms with van der Waals surface area (Å²) in [5.41, 5.74) is 3.52. The molecule has 0 saturated carbocycles. The summed E-state index contributed by atoms with van der Waals surface area (Å²) in [7, 11) is 2.17. The van der Waals surface area contributed by atoms with E-state index < -0.39 is 0 Å². The van der Waals surface area contributed by atoms with Crippen LogP contribution in [0.15, 0.2) is 42.5 Å². The molecular weight excluding hydrogens is 476 g/mol. The highest BCUT2D eigenvalue weighted by Gasteiger charge is 2.29. The molecule has 2 fully saturated rings.